The van der Waals surface area contributed by atoms with Crippen molar-refractivity contribution in [1.82, 2.24) is 9.47 Å². The third-order valence-corrected chi connectivity index (χ3v) is 5.69. The minimum Gasteiger partial charge on any atom is -0.390 e. The molecule has 2 fully saturated rings. The Morgan fingerprint density at radius 2 is 2.04 bits per heavy atom. The number of benzene rings is 1. The van der Waals surface area contributed by atoms with Crippen LogP contribution in [0.15, 0.2) is 30.5 Å². The molecular formula is C19H26N2O2. The molecule has 0 amide bonds. The molecule has 1 aromatic carbocycles. The topological polar surface area (TPSA) is 37.6 Å². The van der Waals surface area contributed by atoms with E-state index in [1.807, 2.05) is 0 Å². The van der Waals surface area contributed by atoms with Gasteiger partial charge in [-0.05, 0) is 37.3 Å². The van der Waals surface area contributed by atoms with Crippen molar-refractivity contribution >= 4 is 10.9 Å². The second-order valence-corrected chi connectivity index (χ2v) is 7.13. The van der Waals surface area contributed by atoms with E-state index in [-0.39, 0.29) is 11.7 Å². The molecule has 2 saturated heterocycles. The fourth-order valence-corrected chi connectivity index (χ4v) is 4.27. The Bertz CT molecular complexity index is 686. The number of hydrogen-bond acceptors (Lipinski definition) is 3. The molecule has 2 aliphatic heterocycles. The minimum absolute atomic E-state index is 0.270. The Labute approximate surface area is 137 Å². The largest absolute Gasteiger partial charge is 0.390 e. The third-order valence-electron chi connectivity index (χ3n) is 5.69. The van der Waals surface area contributed by atoms with Gasteiger partial charge in [-0.2, -0.15) is 0 Å². The third kappa shape index (κ3) is 2.69. The fourth-order valence-electron chi connectivity index (χ4n) is 4.27. The Morgan fingerprint density at radius 3 is 2.83 bits per heavy atom. The van der Waals surface area contributed by atoms with E-state index in [0.717, 1.165) is 51.9 Å². The number of fused-ring (bicyclic) bond motifs is 1. The standard InChI is InChI=1S/C19H26N2O2/c1-20-13-15(16-5-2-3-6-17(16)20)14-21-10-8-19(9-11-21)18(22)7-4-12-23-19/h2-3,5-6,13,18,22H,4,7-12,14H2,1H3/t18-/m1/s1. The van der Waals surface area contributed by atoms with Crippen molar-refractivity contribution in [3.63, 3.8) is 0 Å². The zero-order chi connectivity index (χ0) is 15.9. The van der Waals surface area contributed by atoms with Crippen LogP contribution in [0.25, 0.3) is 10.9 Å². The number of ether oxygens (including phenoxy) is 1. The smallest absolute Gasteiger partial charge is 0.0964 e. The fraction of sp³-hybridized carbons (Fsp3) is 0.579. The van der Waals surface area contributed by atoms with E-state index < -0.39 is 0 Å². The average molecular weight is 314 g/mol. The molecule has 1 atom stereocenters. The van der Waals surface area contributed by atoms with Gasteiger partial charge in [-0.25, -0.2) is 0 Å². The van der Waals surface area contributed by atoms with Gasteiger partial charge in [0, 0.05) is 50.4 Å². The number of para-hydroxylation sites is 1. The highest BCUT2D eigenvalue weighted by Crippen LogP contribution is 2.36. The molecule has 23 heavy (non-hydrogen) atoms. The molecule has 4 heteroatoms. The lowest BCUT2D eigenvalue weighted by atomic mass is 9.82. The first kappa shape index (κ1) is 15.2. The molecule has 1 N–H and O–H groups in total. The van der Waals surface area contributed by atoms with Gasteiger partial charge in [0.25, 0.3) is 0 Å². The maximum Gasteiger partial charge on any atom is 0.0964 e. The van der Waals surface area contributed by atoms with Crippen molar-refractivity contribution in [2.75, 3.05) is 19.7 Å². The van der Waals surface area contributed by atoms with Gasteiger partial charge in [-0.3, -0.25) is 4.90 Å². The van der Waals surface area contributed by atoms with Gasteiger partial charge >= 0.3 is 0 Å². The number of nitrogens with zero attached hydrogens (tertiary/aromatic N) is 2. The molecule has 124 valence electrons. The number of aromatic nitrogens is 1. The van der Waals surface area contributed by atoms with Crippen LogP contribution in [0.2, 0.25) is 0 Å². The molecule has 3 heterocycles. The number of aliphatic hydroxyl groups excluding tert-OH is 1. The molecular weight excluding hydrogens is 288 g/mol. The first-order chi connectivity index (χ1) is 11.2. The van der Waals surface area contributed by atoms with Crippen molar-refractivity contribution in [2.45, 2.75) is 43.9 Å². The molecule has 0 radical (unpaired) electrons. The predicted molar refractivity (Wildman–Crippen MR) is 91.4 cm³/mol. The Kier molecular flexibility index (Phi) is 3.92. The number of aryl methyl sites for hydroxylation is 1. The molecule has 0 unspecified atom stereocenters. The van der Waals surface area contributed by atoms with E-state index in [9.17, 15) is 5.11 Å². The summed E-state index contributed by atoms with van der Waals surface area (Å²) in [5, 5.41) is 11.7. The summed E-state index contributed by atoms with van der Waals surface area (Å²) in [6.07, 6.45) is 5.74. The van der Waals surface area contributed by atoms with Crippen molar-refractivity contribution in [2.24, 2.45) is 7.05 Å². The van der Waals surface area contributed by atoms with E-state index in [0.29, 0.717) is 0 Å². The van der Waals surface area contributed by atoms with Crippen LogP contribution < -0.4 is 0 Å². The van der Waals surface area contributed by atoms with Crippen LogP contribution >= 0.6 is 0 Å². The van der Waals surface area contributed by atoms with E-state index in [1.54, 1.807) is 0 Å². The van der Waals surface area contributed by atoms with Gasteiger partial charge in [0.05, 0.1) is 11.7 Å². The van der Waals surface area contributed by atoms with E-state index in [2.05, 4.69) is 47.0 Å². The molecule has 1 spiro atoms. The summed E-state index contributed by atoms with van der Waals surface area (Å²) in [4.78, 5) is 2.50. The molecule has 2 aromatic rings. The maximum absolute atomic E-state index is 10.4. The van der Waals surface area contributed by atoms with Crippen LogP contribution in [0, 0.1) is 0 Å². The quantitative estimate of drug-likeness (QED) is 0.926. The summed E-state index contributed by atoms with van der Waals surface area (Å²) in [6.45, 7) is 3.79. The number of aliphatic hydroxyl groups is 1. The molecule has 0 aliphatic carbocycles. The van der Waals surface area contributed by atoms with Crippen LogP contribution in [-0.4, -0.2) is 46.0 Å². The zero-order valence-corrected chi connectivity index (χ0v) is 13.9. The molecule has 4 rings (SSSR count). The van der Waals surface area contributed by atoms with Gasteiger partial charge in [0.2, 0.25) is 0 Å². The summed E-state index contributed by atoms with van der Waals surface area (Å²) in [6, 6.07) is 8.60. The normalized spacial score (nSPS) is 25.2. The summed E-state index contributed by atoms with van der Waals surface area (Å²) in [7, 11) is 2.11. The van der Waals surface area contributed by atoms with Crippen LogP contribution in [-0.2, 0) is 18.3 Å². The van der Waals surface area contributed by atoms with Crippen LogP contribution in [0.1, 0.15) is 31.2 Å². The minimum atomic E-state index is -0.282. The highest BCUT2D eigenvalue weighted by molar-refractivity contribution is 5.83. The van der Waals surface area contributed by atoms with Crippen molar-refractivity contribution < 1.29 is 9.84 Å². The SMILES string of the molecule is Cn1cc(CN2CCC3(CC2)OCCC[C@H]3O)c2ccccc21. The predicted octanol–water partition coefficient (Wildman–Crippen LogP) is 2.68. The van der Waals surface area contributed by atoms with Gasteiger partial charge in [-0.15, -0.1) is 0 Å². The molecule has 0 saturated carbocycles. The van der Waals surface area contributed by atoms with Gasteiger partial charge in [0.15, 0.2) is 0 Å². The average Bonchev–Trinajstić information content (AvgIpc) is 2.89. The Balaban J connectivity index is 1.47. The van der Waals surface area contributed by atoms with E-state index in [4.69, 9.17) is 4.74 Å². The van der Waals surface area contributed by atoms with Gasteiger partial charge in [-0.1, -0.05) is 18.2 Å². The van der Waals surface area contributed by atoms with Crippen molar-refractivity contribution in [3.8, 4) is 0 Å². The molecule has 1 aromatic heterocycles. The number of hydrogen-bond donors (Lipinski definition) is 1. The summed E-state index contributed by atoms with van der Waals surface area (Å²) in [5.74, 6) is 0. The Hall–Kier alpha value is -1.36. The van der Waals surface area contributed by atoms with Gasteiger partial charge in [0.1, 0.15) is 0 Å². The number of piperidine rings is 1. The zero-order valence-electron chi connectivity index (χ0n) is 13.9. The maximum atomic E-state index is 10.4. The van der Waals surface area contributed by atoms with Crippen molar-refractivity contribution in [3.05, 3.63) is 36.0 Å². The lowest BCUT2D eigenvalue weighted by molar-refractivity contribution is -0.177. The van der Waals surface area contributed by atoms with Gasteiger partial charge < -0.3 is 14.4 Å². The second-order valence-electron chi connectivity index (χ2n) is 7.13. The number of rotatable bonds is 2. The summed E-state index contributed by atoms with van der Waals surface area (Å²) in [5.41, 5.74) is 2.42. The van der Waals surface area contributed by atoms with Crippen LogP contribution in [0.3, 0.4) is 0 Å². The van der Waals surface area contributed by atoms with E-state index in [1.165, 1.54) is 16.5 Å². The second kappa shape index (κ2) is 5.93. The van der Waals surface area contributed by atoms with Crippen LogP contribution in [0.5, 0.6) is 0 Å². The monoisotopic (exact) mass is 314 g/mol. The molecule has 0 bridgehead atoms. The van der Waals surface area contributed by atoms with Crippen LogP contribution in [0.4, 0.5) is 0 Å². The first-order valence-corrected chi connectivity index (χ1v) is 8.75. The first-order valence-electron chi connectivity index (χ1n) is 8.75. The summed E-state index contributed by atoms with van der Waals surface area (Å²) >= 11 is 0. The summed E-state index contributed by atoms with van der Waals surface area (Å²) < 4.78 is 8.22. The molecule has 2 aliphatic rings. The highest BCUT2D eigenvalue weighted by atomic mass is 16.5. The highest BCUT2D eigenvalue weighted by Gasteiger charge is 2.43. The lowest BCUT2D eigenvalue weighted by Crippen LogP contribution is -2.55. The number of likely N-dealkylation sites (tertiary alicyclic amines) is 1. The Morgan fingerprint density at radius 1 is 1.26 bits per heavy atom. The van der Waals surface area contributed by atoms with E-state index >= 15 is 0 Å². The molecule has 4 nitrogen and oxygen atoms in total. The van der Waals surface area contributed by atoms with Crippen molar-refractivity contribution in [1.29, 1.82) is 0 Å². The lowest BCUT2D eigenvalue weighted by Gasteiger charge is -2.46.